The van der Waals surface area contributed by atoms with E-state index in [2.05, 4.69) is 34.6 Å². The van der Waals surface area contributed by atoms with E-state index in [4.69, 9.17) is 9.47 Å². The summed E-state index contributed by atoms with van der Waals surface area (Å²) < 4.78 is 10.6. The number of H-pyrrole nitrogens is 1. The van der Waals surface area contributed by atoms with E-state index in [1.807, 2.05) is 0 Å². The van der Waals surface area contributed by atoms with Crippen molar-refractivity contribution in [3.63, 3.8) is 0 Å². The van der Waals surface area contributed by atoms with Gasteiger partial charge in [-0.15, -0.1) is 0 Å². The molecule has 0 amide bonds. The predicted molar refractivity (Wildman–Crippen MR) is 75.2 cm³/mol. The van der Waals surface area contributed by atoms with E-state index < -0.39 is 0 Å². The molecule has 3 rings (SSSR count). The third kappa shape index (κ3) is 2.27. The van der Waals surface area contributed by atoms with Crippen LogP contribution in [0.4, 0.5) is 0 Å². The highest BCUT2D eigenvalue weighted by molar-refractivity contribution is 5.85. The maximum atomic E-state index is 5.32. The molecule has 2 N–H and O–H groups in total. The van der Waals surface area contributed by atoms with Crippen LogP contribution in [0.15, 0.2) is 24.3 Å². The molecule has 0 spiro atoms. The molecule has 1 atom stereocenters. The molecule has 1 aromatic carbocycles. The third-order valence-corrected chi connectivity index (χ3v) is 3.91. The van der Waals surface area contributed by atoms with Gasteiger partial charge in [0.1, 0.15) is 0 Å². The number of aromatic nitrogens is 1. The van der Waals surface area contributed by atoms with Gasteiger partial charge in [0.15, 0.2) is 6.29 Å². The van der Waals surface area contributed by atoms with Crippen LogP contribution >= 0.6 is 0 Å². The molecule has 0 radical (unpaired) electrons. The second kappa shape index (κ2) is 5.33. The molecule has 0 saturated heterocycles. The number of hydrogen-bond acceptors (Lipinski definition) is 3. The molecule has 4 nitrogen and oxygen atoms in total. The van der Waals surface area contributed by atoms with Crippen molar-refractivity contribution in [1.29, 1.82) is 0 Å². The average Bonchev–Trinajstić information content (AvgIpc) is 2.84. The van der Waals surface area contributed by atoms with E-state index in [9.17, 15) is 0 Å². The number of hydrogen-bond donors (Lipinski definition) is 2. The zero-order valence-corrected chi connectivity index (χ0v) is 11.4. The minimum absolute atomic E-state index is 0.171. The molecule has 1 aromatic heterocycles. The van der Waals surface area contributed by atoms with Crippen LogP contribution in [0.5, 0.6) is 0 Å². The summed E-state index contributed by atoms with van der Waals surface area (Å²) in [5, 5.41) is 4.89. The molecule has 19 heavy (non-hydrogen) atoms. The lowest BCUT2D eigenvalue weighted by molar-refractivity contribution is -0.111. The van der Waals surface area contributed by atoms with Crippen LogP contribution in [-0.2, 0) is 15.9 Å². The molecule has 2 heterocycles. The summed E-state index contributed by atoms with van der Waals surface area (Å²) in [6.07, 6.45) is 1.71. The predicted octanol–water partition coefficient (Wildman–Crippen LogP) is 2.36. The molecule has 0 saturated carbocycles. The van der Waals surface area contributed by atoms with Crippen LogP contribution in [0.1, 0.15) is 23.7 Å². The van der Waals surface area contributed by atoms with Crippen molar-refractivity contribution in [3.8, 4) is 0 Å². The second-order valence-corrected chi connectivity index (χ2v) is 4.96. The molecule has 2 aromatic rings. The largest absolute Gasteiger partial charge is 0.357 e. The zero-order valence-electron chi connectivity index (χ0n) is 11.4. The van der Waals surface area contributed by atoms with E-state index in [0.29, 0.717) is 0 Å². The molecule has 1 aliphatic rings. The highest BCUT2D eigenvalue weighted by Gasteiger charge is 2.26. The number of para-hydroxylation sites is 1. The highest BCUT2D eigenvalue weighted by atomic mass is 16.7. The number of fused-ring (bicyclic) bond motifs is 3. The zero-order chi connectivity index (χ0) is 13.2. The van der Waals surface area contributed by atoms with Crippen LogP contribution in [0, 0.1) is 0 Å². The number of methoxy groups -OCH3 is 2. The lowest BCUT2D eigenvalue weighted by Crippen LogP contribution is -2.33. The Balaban J connectivity index is 1.95. The fourth-order valence-corrected chi connectivity index (χ4v) is 2.94. The Kier molecular flexibility index (Phi) is 3.55. The fraction of sp³-hybridized carbons (Fsp3) is 0.467. The van der Waals surface area contributed by atoms with Crippen molar-refractivity contribution in [2.45, 2.75) is 25.2 Å². The summed E-state index contributed by atoms with van der Waals surface area (Å²) in [7, 11) is 3.37. The number of aromatic amines is 1. The summed E-state index contributed by atoms with van der Waals surface area (Å²) in [6, 6.07) is 8.76. The first kappa shape index (κ1) is 12.7. The topological polar surface area (TPSA) is 46.3 Å². The van der Waals surface area contributed by atoms with Gasteiger partial charge in [-0.05, 0) is 24.6 Å². The molecule has 0 unspecified atom stereocenters. The Morgan fingerprint density at radius 1 is 1.26 bits per heavy atom. The lowest BCUT2D eigenvalue weighted by atomic mass is 9.97. The third-order valence-electron chi connectivity index (χ3n) is 3.91. The van der Waals surface area contributed by atoms with Crippen molar-refractivity contribution in [1.82, 2.24) is 10.3 Å². The maximum Gasteiger partial charge on any atom is 0.158 e. The summed E-state index contributed by atoms with van der Waals surface area (Å²) in [4.78, 5) is 3.55. The van der Waals surface area contributed by atoms with Crippen molar-refractivity contribution >= 4 is 10.9 Å². The monoisotopic (exact) mass is 260 g/mol. The smallest absolute Gasteiger partial charge is 0.158 e. The van der Waals surface area contributed by atoms with E-state index in [1.54, 1.807) is 14.2 Å². The van der Waals surface area contributed by atoms with E-state index >= 15 is 0 Å². The van der Waals surface area contributed by atoms with Gasteiger partial charge in [-0.25, -0.2) is 0 Å². The molecule has 0 fully saturated rings. The molecule has 4 heteroatoms. The van der Waals surface area contributed by atoms with Crippen LogP contribution in [0.2, 0.25) is 0 Å². The van der Waals surface area contributed by atoms with E-state index in [0.717, 1.165) is 19.4 Å². The maximum absolute atomic E-state index is 5.32. The SMILES string of the molecule is COC(C[C@H]1NCCc2c1[nH]c1ccccc21)OC. The summed E-state index contributed by atoms with van der Waals surface area (Å²) >= 11 is 0. The van der Waals surface area contributed by atoms with Crippen LogP contribution in [-0.4, -0.2) is 32.0 Å². The van der Waals surface area contributed by atoms with Gasteiger partial charge >= 0.3 is 0 Å². The van der Waals surface area contributed by atoms with Gasteiger partial charge in [-0.3, -0.25) is 0 Å². The van der Waals surface area contributed by atoms with Gasteiger partial charge < -0.3 is 19.8 Å². The first-order valence-electron chi connectivity index (χ1n) is 6.72. The van der Waals surface area contributed by atoms with Crippen LogP contribution in [0.3, 0.4) is 0 Å². The Bertz CT molecular complexity index is 560. The van der Waals surface area contributed by atoms with Crippen molar-refractivity contribution in [3.05, 3.63) is 35.5 Å². The number of ether oxygens (including phenoxy) is 2. The molecular formula is C15H20N2O2. The first-order valence-corrected chi connectivity index (χ1v) is 6.72. The normalized spacial score (nSPS) is 19.0. The molecular weight excluding hydrogens is 240 g/mol. The van der Waals surface area contributed by atoms with Crippen LogP contribution in [0.25, 0.3) is 10.9 Å². The van der Waals surface area contributed by atoms with Gasteiger partial charge in [0.25, 0.3) is 0 Å². The minimum Gasteiger partial charge on any atom is -0.357 e. The quantitative estimate of drug-likeness (QED) is 0.830. The minimum atomic E-state index is -0.171. The average molecular weight is 260 g/mol. The van der Waals surface area contributed by atoms with Crippen LogP contribution < -0.4 is 5.32 Å². The Labute approximate surface area is 113 Å². The Morgan fingerprint density at radius 3 is 2.84 bits per heavy atom. The number of rotatable bonds is 4. The molecule has 0 aliphatic carbocycles. The van der Waals surface area contributed by atoms with Crippen molar-refractivity contribution in [2.24, 2.45) is 0 Å². The second-order valence-electron chi connectivity index (χ2n) is 4.96. The van der Waals surface area contributed by atoms with E-state index in [1.165, 1.54) is 22.2 Å². The Hall–Kier alpha value is -1.36. The van der Waals surface area contributed by atoms with Gasteiger partial charge in [0.05, 0.1) is 6.04 Å². The fourth-order valence-electron chi connectivity index (χ4n) is 2.94. The van der Waals surface area contributed by atoms with Crippen molar-refractivity contribution < 1.29 is 9.47 Å². The number of nitrogens with one attached hydrogen (secondary N) is 2. The molecule has 102 valence electrons. The summed E-state index contributed by atoms with van der Waals surface area (Å²) in [6.45, 7) is 1.000. The molecule has 1 aliphatic heterocycles. The summed E-state index contributed by atoms with van der Waals surface area (Å²) in [5.74, 6) is 0. The standard InChI is InChI=1S/C15H20N2O2/c1-18-14(19-2)9-13-15-11(7-8-16-13)10-5-3-4-6-12(10)17-15/h3-6,13-14,16-17H,7-9H2,1-2H3/t13-/m1/s1. The summed E-state index contributed by atoms with van der Waals surface area (Å²) in [5.41, 5.74) is 3.93. The van der Waals surface area contributed by atoms with Gasteiger partial charge in [-0.1, -0.05) is 18.2 Å². The van der Waals surface area contributed by atoms with E-state index in [-0.39, 0.29) is 12.3 Å². The Morgan fingerprint density at radius 2 is 2.05 bits per heavy atom. The first-order chi connectivity index (χ1) is 9.33. The van der Waals surface area contributed by atoms with Gasteiger partial charge in [-0.2, -0.15) is 0 Å². The highest BCUT2D eigenvalue weighted by Crippen LogP contribution is 2.32. The van der Waals surface area contributed by atoms with Gasteiger partial charge in [0.2, 0.25) is 0 Å². The number of benzene rings is 1. The van der Waals surface area contributed by atoms with Gasteiger partial charge in [0, 0.05) is 37.2 Å². The van der Waals surface area contributed by atoms with Crippen molar-refractivity contribution in [2.75, 3.05) is 20.8 Å². The molecule has 0 bridgehead atoms. The lowest BCUT2D eigenvalue weighted by Gasteiger charge is -2.27.